The first kappa shape index (κ1) is 7.81. The highest BCUT2D eigenvalue weighted by atomic mass is 16.5. The number of ether oxygens (including phenoxy) is 1. The Kier molecular flexibility index (Phi) is 2.57. The summed E-state index contributed by atoms with van der Waals surface area (Å²) in [5, 5.41) is 0. The second kappa shape index (κ2) is 2.96. The van der Waals surface area contributed by atoms with E-state index in [1.807, 2.05) is 0 Å². The fraction of sp³-hybridized carbons (Fsp3) is 0.400. The van der Waals surface area contributed by atoms with Crippen molar-refractivity contribution in [2.75, 3.05) is 7.11 Å². The van der Waals surface area contributed by atoms with Crippen molar-refractivity contribution >= 4 is 5.78 Å². The summed E-state index contributed by atoms with van der Waals surface area (Å²) in [7, 11) is 1.35. The molecule has 0 heterocycles. The molecule has 4 nitrogen and oxygen atoms in total. The predicted molar refractivity (Wildman–Crippen MR) is 33.1 cm³/mol. The number of rotatable bonds is 2. The van der Waals surface area contributed by atoms with Crippen LogP contribution in [0.25, 0.3) is 0 Å². The largest absolute Gasteiger partial charge is 0.481 e. The summed E-state index contributed by atoms with van der Waals surface area (Å²) in [6.07, 6.45) is 0. The minimum absolute atomic E-state index is 0.0255. The molecule has 4 N–H and O–H groups in total. The van der Waals surface area contributed by atoms with Crippen molar-refractivity contribution in [3.63, 3.8) is 0 Å². The number of ketones is 1. The summed E-state index contributed by atoms with van der Waals surface area (Å²) in [6, 6.07) is 0. The zero-order chi connectivity index (χ0) is 7.44. The Balaban J connectivity index is 4.28. The van der Waals surface area contributed by atoms with Crippen molar-refractivity contribution in [2.45, 2.75) is 6.92 Å². The van der Waals surface area contributed by atoms with E-state index in [1.54, 1.807) is 0 Å². The molecule has 0 bridgehead atoms. The van der Waals surface area contributed by atoms with Crippen molar-refractivity contribution in [1.29, 1.82) is 0 Å². The summed E-state index contributed by atoms with van der Waals surface area (Å²) in [5.74, 6) is -0.308. The molecule has 0 amide bonds. The standard InChI is InChI=1S/C5H10N2O2/c1-3(8)4(6)5(7)9-2/h6-7H2,1-2H3/b5-4+. The number of allylic oxidation sites excluding steroid dienone is 1. The Labute approximate surface area is 53.5 Å². The van der Waals surface area contributed by atoms with Gasteiger partial charge in [-0.1, -0.05) is 0 Å². The molecule has 0 atom stereocenters. The van der Waals surface area contributed by atoms with E-state index in [0.29, 0.717) is 0 Å². The lowest BCUT2D eigenvalue weighted by Crippen LogP contribution is -2.16. The van der Waals surface area contributed by atoms with Crippen LogP contribution in [0.15, 0.2) is 11.6 Å². The molecule has 0 aliphatic carbocycles. The highest BCUT2D eigenvalue weighted by molar-refractivity contribution is 5.92. The molecule has 52 valence electrons. The van der Waals surface area contributed by atoms with E-state index in [1.165, 1.54) is 14.0 Å². The third kappa shape index (κ3) is 2.03. The fourth-order valence-corrected chi connectivity index (χ4v) is 0.283. The zero-order valence-electron chi connectivity index (χ0n) is 5.47. The van der Waals surface area contributed by atoms with Gasteiger partial charge in [-0.2, -0.15) is 0 Å². The van der Waals surface area contributed by atoms with Crippen molar-refractivity contribution in [3.05, 3.63) is 11.6 Å². The van der Waals surface area contributed by atoms with E-state index in [-0.39, 0.29) is 17.4 Å². The molecule has 0 rings (SSSR count). The second-order valence-corrected chi connectivity index (χ2v) is 1.54. The molecule has 0 spiro atoms. The lowest BCUT2D eigenvalue weighted by atomic mass is 10.3. The minimum atomic E-state index is -0.283. The lowest BCUT2D eigenvalue weighted by Gasteiger charge is -2.00. The molecule has 0 aromatic carbocycles. The molecule has 9 heavy (non-hydrogen) atoms. The van der Waals surface area contributed by atoms with E-state index < -0.39 is 0 Å². The molecule has 0 unspecified atom stereocenters. The van der Waals surface area contributed by atoms with Crippen LogP contribution in [0.2, 0.25) is 0 Å². The summed E-state index contributed by atoms with van der Waals surface area (Å²) in [4.78, 5) is 10.4. The normalized spacial score (nSPS) is 12.2. The monoisotopic (exact) mass is 130 g/mol. The van der Waals surface area contributed by atoms with Gasteiger partial charge in [-0.05, 0) is 0 Å². The van der Waals surface area contributed by atoms with Crippen LogP contribution < -0.4 is 11.5 Å². The highest BCUT2D eigenvalue weighted by Crippen LogP contribution is 1.91. The van der Waals surface area contributed by atoms with Gasteiger partial charge >= 0.3 is 0 Å². The number of carbonyl (C=O) groups excluding carboxylic acids is 1. The van der Waals surface area contributed by atoms with Crippen molar-refractivity contribution in [1.82, 2.24) is 0 Å². The van der Waals surface area contributed by atoms with Crippen LogP contribution in [-0.2, 0) is 9.53 Å². The van der Waals surface area contributed by atoms with Crippen molar-refractivity contribution in [3.8, 4) is 0 Å². The summed E-state index contributed by atoms with van der Waals surface area (Å²) in [6.45, 7) is 1.32. The third-order valence-electron chi connectivity index (χ3n) is 0.865. The highest BCUT2D eigenvalue weighted by Gasteiger charge is 2.02. The van der Waals surface area contributed by atoms with Crippen molar-refractivity contribution < 1.29 is 9.53 Å². The Morgan fingerprint density at radius 2 is 1.89 bits per heavy atom. The second-order valence-electron chi connectivity index (χ2n) is 1.54. The topological polar surface area (TPSA) is 78.3 Å². The van der Waals surface area contributed by atoms with E-state index in [0.717, 1.165) is 0 Å². The third-order valence-corrected chi connectivity index (χ3v) is 0.865. The Morgan fingerprint density at radius 1 is 1.44 bits per heavy atom. The Morgan fingerprint density at radius 3 is 2.00 bits per heavy atom. The van der Waals surface area contributed by atoms with E-state index in [9.17, 15) is 4.79 Å². The first-order chi connectivity index (χ1) is 4.09. The molecule has 4 heteroatoms. The van der Waals surface area contributed by atoms with E-state index in [4.69, 9.17) is 11.5 Å². The van der Waals surface area contributed by atoms with Crippen LogP contribution in [0.3, 0.4) is 0 Å². The summed E-state index contributed by atoms with van der Waals surface area (Å²) in [5.41, 5.74) is 10.2. The van der Waals surface area contributed by atoms with Crippen molar-refractivity contribution in [2.24, 2.45) is 11.5 Å². The van der Waals surface area contributed by atoms with Gasteiger partial charge in [-0.3, -0.25) is 4.79 Å². The van der Waals surface area contributed by atoms with Crippen LogP contribution in [-0.4, -0.2) is 12.9 Å². The smallest absolute Gasteiger partial charge is 0.211 e. The molecule has 0 fully saturated rings. The lowest BCUT2D eigenvalue weighted by molar-refractivity contribution is -0.113. The first-order valence-electron chi connectivity index (χ1n) is 2.39. The number of Topliss-reactive ketones (excluding diaryl/α,β-unsaturated/α-hetero) is 1. The number of hydrogen-bond donors (Lipinski definition) is 2. The first-order valence-corrected chi connectivity index (χ1v) is 2.39. The summed E-state index contributed by atoms with van der Waals surface area (Å²) >= 11 is 0. The minimum Gasteiger partial charge on any atom is -0.481 e. The summed E-state index contributed by atoms with van der Waals surface area (Å²) < 4.78 is 4.48. The quantitative estimate of drug-likeness (QED) is 0.383. The molecule has 0 aliphatic rings. The van der Waals surface area contributed by atoms with E-state index in [2.05, 4.69) is 4.74 Å². The maximum Gasteiger partial charge on any atom is 0.211 e. The van der Waals surface area contributed by atoms with Crippen LogP contribution in [0.4, 0.5) is 0 Å². The molecule has 0 radical (unpaired) electrons. The fourth-order valence-electron chi connectivity index (χ4n) is 0.283. The van der Waals surface area contributed by atoms with Crippen LogP contribution in [0, 0.1) is 0 Å². The Bertz CT molecular complexity index is 151. The SMILES string of the molecule is CO/C(N)=C(/N)C(C)=O. The molecule has 0 aromatic heterocycles. The zero-order valence-corrected chi connectivity index (χ0v) is 5.47. The van der Waals surface area contributed by atoms with Crippen LogP contribution >= 0.6 is 0 Å². The molecule has 0 aromatic rings. The van der Waals surface area contributed by atoms with Gasteiger partial charge in [-0.25, -0.2) is 0 Å². The van der Waals surface area contributed by atoms with Gasteiger partial charge in [0, 0.05) is 6.92 Å². The maximum absolute atomic E-state index is 10.4. The average Bonchev–Trinajstić information content (AvgIpc) is 1.84. The molecular formula is C5H10N2O2. The molecule has 0 aliphatic heterocycles. The molecule has 0 saturated carbocycles. The van der Waals surface area contributed by atoms with Crippen LogP contribution in [0.1, 0.15) is 6.92 Å². The number of hydrogen-bond acceptors (Lipinski definition) is 4. The number of nitrogens with two attached hydrogens (primary N) is 2. The van der Waals surface area contributed by atoms with Gasteiger partial charge < -0.3 is 16.2 Å². The van der Waals surface area contributed by atoms with Gasteiger partial charge in [0.15, 0.2) is 5.78 Å². The van der Waals surface area contributed by atoms with Gasteiger partial charge in [-0.15, -0.1) is 0 Å². The number of methoxy groups -OCH3 is 1. The van der Waals surface area contributed by atoms with Gasteiger partial charge in [0.05, 0.1) is 7.11 Å². The number of carbonyl (C=O) groups is 1. The maximum atomic E-state index is 10.4. The van der Waals surface area contributed by atoms with E-state index >= 15 is 0 Å². The Hall–Kier alpha value is -1.19. The molecule has 0 saturated heterocycles. The van der Waals surface area contributed by atoms with Gasteiger partial charge in [0.1, 0.15) is 5.70 Å². The average molecular weight is 130 g/mol. The molecular weight excluding hydrogens is 120 g/mol. The van der Waals surface area contributed by atoms with Gasteiger partial charge in [0.2, 0.25) is 5.88 Å². The van der Waals surface area contributed by atoms with Crippen LogP contribution in [0.5, 0.6) is 0 Å². The van der Waals surface area contributed by atoms with Gasteiger partial charge in [0.25, 0.3) is 0 Å². The predicted octanol–water partition coefficient (Wildman–Crippen LogP) is -0.692.